The van der Waals surface area contributed by atoms with E-state index in [-0.39, 0.29) is 5.97 Å². The molecule has 1 aliphatic heterocycles. The van der Waals surface area contributed by atoms with Crippen LogP contribution in [-0.2, 0) is 16.1 Å². The van der Waals surface area contributed by atoms with Crippen molar-refractivity contribution < 1.29 is 9.63 Å². The summed E-state index contributed by atoms with van der Waals surface area (Å²) in [5.41, 5.74) is 2.25. The highest BCUT2D eigenvalue weighted by Gasteiger charge is 2.20. The molecule has 0 unspecified atom stereocenters. The van der Waals surface area contributed by atoms with Gasteiger partial charge in [-0.3, -0.25) is 4.79 Å². The fourth-order valence-electron chi connectivity index (χ4n) is 1.56. The summed E-state index contributed by atoms with van der Waals surface area (Å²) in [6.07, 6.45) is 0.948. The minimum atomic E-state index is -0.267. The van der Waals surface area contributed by atoms with Gasteiger partial charge in [-0.1, -0.05) is 18.2 Å². The number of hydrogen-bond donors (Lipinski definition) is 0. The van der Waals surface area contributed by atoms with Crippen LogP contribution in [-0.4, -0.2) is 12.5 Å². The summed E-state index contributed by atoms with van der Waals surface area (Å²) in [4.78, 5) is 15.8. The van der Waals surface area contributed by atoms with Crippen LogP contribution in [0.3, 0.4) is 0 Å². The van der Waals surface area contributed by atoms with Gasteiger partial charge in [0, 0.05) is 6.92 Å². The zero-order valence-electron chi connectivity index (χ0n) is 7.49. The summed E-state index contributed by atoms with van der Waals surface area (Å²) in [6.45, 7) is 2.18. The van der Waals surface area contributed by atoms with E-state index in [1.165, 1.54) is 12.5 Å². The number of hydroxylamine groups is 1. The Morgan fingerprint density at radius 1 is 1.46 bits per heavy atom. The topological polar surface area (TPSA) is 29.5 Å². The second kappa shape index (κ2) is 3.09. The smallest absolute Gasteiger partial charge is 0.329 e. The van der Waals surface area contributed by atoms with Crippen molar-refractivity contribution in [1.82, 2.24) is 0 Å². The second-order valence-electron chi connectivity index (χ2n) is 3.06. The highest BCUT2D eigenvalue weighted by molar-refractivity contribution is 5.69. The Labute approximate surface area is 76.9 Å². The van der Waals surface area contributed by atoms with Gasteiger partial charge >= 0.3 is 5.97 Å². The Balaban J connectivity index is 2.23. The third-order valence-corrected chi connectivity index (χ3v) is 2.08. The van der Waals surface area contributed by atoms with Crippen LogP contribution >= 0.6 is 0 Å². The van der Waals surface area contributed by atoms with Gasteiger partial charge in [0.1, 0.15) is 0 Å². The average Bonchev–Trinajstić information content (AvgIpc) is 2.48. The molecule has 13 heavy (non-hydrogen) atoms. The molecule has 0 fully saturated rings. The predicted molar refractivity (Wildman–Crippen MR) is 49.3 cm³/mol. The van der Waals surface area contributed by atoms with Gasteiger partial charge in [-0.05, 0) is 18.1 Å². The minimum Gasteiger partial charge on any atom is -0.341 e. The lowest BCUT2D eigenvalue weighted by Crippen LogP contribution is -2.23. The van der Waals surface area contributed by atoms with Gasteiger partial charge < -0.3 is 4.84 Å². The Kier molecular flexibility index (Phi) is 1.93. The van der Waals surface area contributed by atoms with Crippen molar-refractivity contribution in [2.45, 2.75) is 13.3 Å². The summed E-state index contributed by atoms with van der Waals surface area (Å²) in [7, 11) is 0. The highest BCUT2D eigenvalue weighted by Crippen LogP contribution is 2.27. The van der Waals surface area contributed by atoms with Gasteiger partial charge in [-0.15, -0.1) is 0 Å². The van der Waals surface area contributed by atoms with Crippen molar-refractivity contribution in [1.29, 1.82) is 0 Å². The van der Waals surface area contributed by atoms with E-state index in [9.17, 15) is 4.79 Å². The molecule has 1 aliphatic rings. The normalized spacial score (nSPS) is 14.1. The fraction of sp³-hybridized carbons (Fsp3) is 0.300. The highest BCUT2D eigenvalue weighted by atomic mass is 16.7. The molecule has 1 aromatic carbocycles. The molecule has 2 rings (SSSR count). The van der Waals surface area contributed by atoms with Crippen molar-refractivity contribution in [3.63, 3.8) is 0 Å². The molecule has 0 aliphatic carbocycles. The Bertz CT molecular complexity index is 335. The van der Waals surface area contributed by atoms with E-state index >= 15 is 0 Å². The van der Waals surface area contributed by atoms with Crippen LogP contribution in [0.2, 0.25) is 0 Å². The van der Waals surface area contributed by atoms with Crippen LogP contribution in [0.15, 0.2) is 24.3 Å². The Morgan fingerprint density at radius 3 is 3.00 bits per heavy atom. The maximum atomic E-state index is 10.7. The zero-order valence-corrected chi connectivity index (χ0v) is 7.49. The van der Waals surface area contributed by atoms with E-state index in [2.05, 4.69) is 6.07 Å². The third-order valence-electron chi connectivity index (χ3n) is 2.08. The van der Waals surface area contributed by atoms with Gasteiger partial charge in [0.25, 0.3) is 0 Å². The summed E-state index contributed by atoms with van der Waals surface area (Å²) in [5.74, 6) is -0.267. The van der Waals surface area contributed by atoms with Crippen LogP contribution in [0.4, 0.5) is 5.69 Å². The summed E-state index contributed by atoms with van der Waals surface area (Å²) < 4.78 is 0. The SMILES string of the molecule is CC(=O)ON1CCc2ccccc21. The molecule has 0 saturated carbocycles. The first-order valence-corrected chi connectivity index (χ1v) is 4.31. The predicted octanol–water partition coefficient (Wildman–Crippen LogP) is 1.53. The second-order valence-corrected chi connectivity index (χ2v) is 3.06. The molecule has 0 spiro atoms. The van der Waals surface area contributed by atoms with Crippen LogP contribution in [0.25, 0.3) is 0 Å². The van der Waals surface area contributed by atoms with Crippen molar-refractivity contribution in [3.05, 3.63) is 29.8 Å². The third kappa shape index (κ3) is 1.49. The molecule has 0 saturated heterocycles. The molecule has 0 bridgehead atoms. The lowest BCUT2D eigenvalue weighted by Gasteiger charge is -2.16. The molecule has 0 amide bonds. The van der Waals surface area contributed by atoms with Crippen molar-refractivity contribution in [3.8, 4) is 0 Å². The zero-order chi connectivity index (χ0) is 9.26. The van der Waals surface area contributed by atoms with Crippen LogP contribution in [0, 0.1) is 0 Å². The lowest BCUT2D eigenvalue weighted by molar-refractivity contribution is -0.142. The molecule has 68 valence electrons. The van der Waals surface area contributed by atoms with Gasteiger partial charge in [0.2, 0.25) is 0 Å². The van der Waals surface area contributed by atoms with E-state index in [1.54, 1.807) is 5.06 Å². The molecular weight excluding hydrogens is 166 g/mol. The molecule has 1 aromatic rings. The summed E-state index contributed by atoms with van der Waals surface area (Å²) in [5, 5.41) is 1.65. The number of nitrogens with zero attached hydrogens (tertiary/aromatic N) is 1. The standard InChI is InChI=1S/C10H11NO2/c1-8(12)13-11-7-6-9-4-2-3-5-10(9)11/h2-5H,6-7H2,1H3. The maximum Gasteiger partial charge on any atom is 0.329 e. The van der Waals surface area contributed by atoms with E-state index in [0.29, 0.717) is 0 Å². The summed E-state index contributed by atoms with van der Waals surface area (Å²) >= 11 is 0. The van der Waals surface area contributed by atoms with Crippen LogP contribution < -0.4 is 5.06 Å². The van der Waals surface area contributed by atoms with Crippen molar-refractivity contribution in [2.75, 3.05) is 11.6 Å². The number of carbonyl (C=O) groups is 1. The molecular formula is C10H11NO2. The lowest BCUT2D eigenvalue weighted by atomic mass is 10.2. The number of benzene rings is 1. The van der Waals surface area contributed by atoms with Crippen LogP contribution in [0.1, 0.15) is 12.5 Å². The van der Waals surface area contributed by atoms with Gasteiger partial charge in [0.15, 0.2) is 0 Å². The first kappa shape index (κ1) is 8.10. The van der Waals surface area contributed by atoms with E-state index in [4.69, 9.17) is 4.84 Å². The van der Waals surface area contributed by atoms with Gasteiger partial charge in [-0.25, -0.2) is 5.06 Å². The number of carbonyl (C=O) groups excluding carboxylic acids is 1. The maximum absolute atomic E-state index is 10.7. The number of para-hydroxylation sites is 1. The molecule has 3 nitrogen and oxygen atoms in total. The van der Waals surface area contributed by atoms with E-state index in [1.807, 2.05) is 18.2 Å². The summed E-state index contributed by atoms with van der Waals surface area (Å²) in [6, 6.07) is 7.96. The van der Waals surface area contributed by atoms with Gasteiger partial charge in [-0.2, -0.15) is 0 Å². The first-order valence-electron chi connectivity index (χ1n) is 4.31. The Hall–Kier alpha value is -1.51. The van der Waals surface area contributed by atoms with Gasteiger partial charge in [0.05, 0.1) is 12.2 Å². The Morgan fingerprint density at radius 2 is 2.23 bits per heavy atom. The fourth-order valence-corrected chi connectivity index (χ4v) is 1.56. The molecule has 0 aromatic heterocycles. The quantitative estimate of drug-likeness (QED) is 0.651. The number of fused-ring (bicyclic) bond motifs is 1. The minimum absolute atomic E-state index is 0.267. The monoisotopic (exact) mass is 177 g/mol. The number of rotatable bonds is 1. The molecule has 0 N–H and O–H groups in total. The van der Waals surface area contributed by atoms with Crippen molar-refractivity contribution in [2.24, 2.45) is 0 Å². The average molecular weight is 177 g/mol. The largest absolute Gasteiger partial charge is 0.341 e. The number of anilines is 1. The first-order chi connectivity index (χ1) is 6.27. The van der Waals surface area contributed by atoms with E-state index in [0.717, 1.165) is 18.7 Å². The van der Waals surface area contributed by atoms with E-state index < -0.39 is 0 Å². The molecule has 1 heterocycles. The number of hydrogen-bond acceptors (Lipinski definition) is 3. The molecule has 0 atom stereocenters. The molecule has 0 radical (unpaired) electrons. The van der Waals surface area contributed by atoms with Crippen LogP contribution in [0.5, 0.6) is 0 Å². The van der Waals surface area contributed by atoms with Crippen molar-refractivity contribution >= 4 is 11.7 Å². The molecule has 3 heteroatoms.